The molecule has 0 spiro atoms. The molecular formula is C10H14Br2O. The van der Waals surface area contributed by atoms with Crippen molar-refractivity contribution in [3.05, 3.63) is 0 Å². The van der Waals surface area contributed by atoms with Crippen molar-refractivity contribution in [3.63, 3.8) is 0 Å². The lowest BCUT2D eigenvalue weighted by molar-refractivity contribution is -0.127. The number of ketones is 1. The summed E-state index contributed by atoms with van der Waals surface area (Å²) in [4.78, 5) is 11.9. The van der Waals surface area contributed by atoms with E-state index in [1.54, 1.807) is 0 Å². The molecule has 2 aliphatic rings. The van der Waals surface area contributed by atoms with Gasteiger partial charge in [-0.15, -0.1) is 0 Å². The first-order valence-corrected chi connectivity index (χ1v) is 7.00. The lowest BCUT2D eigenvalue weighted by Crippen LogP contribution is -2.40. The maximum atomic E-state index is 11.9. The molecule has 0 heterocycles. The Hall–Kier alpha value is 0.630. The minimum atomic E-state index is -0.0544. The molecule has 1 nitrogen and oxygen atoms in total. The van der Waals surface area contributed by atoms with Crippen LogP contribution in [0.25, 0.3) is 0 Å². The molecular weight excluding hydrogens is 296 g/mol. The van der Waals surface area contributed by atoms with Crippen LogP contribution in [0.2, 0.25) is 0 Å². The van der Waals surface area contributed by atoms with E-state index >= 15 is 0 Å². The zero-order chi connectivity index (χ0) is 9.69. The lowest BCUT2D eigenvalue weighted by Gasteiger charge is -2.36. The number of rotatable bonds is 2. The molecule has 0 saturated heterocycles. The predicted molar refractivity (Wildman–Crippen MR) is 60.5 cm³/mol. The molecule has 13 heavy (non-hydrogen) atoms. The average molecular weight is 310 g/mol. The summed E-state index contributed by atoms with van der Waals surface area (Å²) in [6.45, 7) is 2.27. The first kappa shape index (κ1) is 10.2. The van der Waals surface area contributed by atoms with Crippen LogP contribution in [-0.4, -0.2) is 16.4 Å². The number of hydrogen-bond acceptors (Lipinski definition) is 1. The highest BCUT2D eigenvalue weighted by Gasteiger charge is 2.65. The summed E-state index contributed by atoms with van der Waals surface area (Å²) in [6, 6.07) is 0. The van der Waals surface area contributed by atoms with Crippen LogP contribution in [0.15, 0.2) is 0 Å². The van der Waals surface area contributed by atoms with Crippen molar-refractivity contribution in [2.45, 2.75) is 26.2 Å². The molecule has 2 rings (SSSR count). The highest BCUT2D eigenvalue weighted by atomic mass is 79.9. The van der Waals surface area contributed by atoms with Crippen molar-refractivity contribution in [1.82, 2.24) is 0 Å². The Morgan fingerprint density at radius 3 is 2.54 bits per heavy atom. The van der Waals surface area contributed by atoms with Crippen LogP contribution < -0.4 is 0 Å². The van der Waals surface area contributed by atoms with Crippen molar-refractivity contribution in [3.8, 4) is 0 Å². The molecule has 0 unspecified atom stereocenters. The smallest absolute Gasteiger partial charge is 0.140 e. The fourth-order valence-electron chi connectivity index (χ4n) is 3.15. The molecule has 2 fully saturated rings. The number of hydrogen-bond donors (Lipinski definition) is 0. The molecule has 2 saturated carbocycles. The molecule has 0 aromatic rings. The van der Waals surface area contributed by atoms with E-state index in [0.29, 0.717) is 11.7 Å². The molecule has 0 aromatic carbocycles. The topological polar surface area (TPSA) is 17.1 Å². The van der Waals surface area contributed by atoms with Gasteiger partial charge in [-0.05, 0) is 24.2 Å². The van der Waals surface area contributed by atoms with Gasteiger partial charge < -0.3 is 0 Å². The third-order valence-corrected chi connectivity index (χ3v) is 6.51. The van der Waals surface area contributed by atoms with Crippen molar-refractivity contribution < 1.29 is 4.79 Å². The quantitative estimate of drug-likeness (QED) is 0.716. The van der Waals surface area contributed by atoms with Gasteiger partial charge in [0.15, 0.2) is 0 Å². The maximum absolute atomic E-state index is 11.9. The van der Waals surface area contributed by atoms with Gasteiger partial charge in [0, 0.05) is 22.5 Å². The van der Waals surface area contributed by atoms with E-state index in [-0.39, 0.29) is 10.8 Å². The Balaban J connectivity index is 2.45. The summed E-state index contributed by atoms with van der Waals surface area (Å²) in [5.41, 5.74) is 0.148. The maximum Gasteiger partial charge on any atom is 0.140 e. The largest absolute Gasteiger partial charge is 0.299 e. The Labute approximate surface area is 95.9 Å². The van der Waals surface area contributed by atoms with Crippen LogP contribution in [-0.2, 0) is 4.79 Å². The summed E-state index contributed by atoms with van der Waals surface area (Å²) >= 11 is 7.12. The Kier molecular flexibility index (Phi) is 2.39. The Bertz CT molecular complexity index is 253. The van der Waals surface area contributed by atoms with Crippen LogP contribution in [0.3, 0.4) is 0 Å². The second-order valence-electron chi connectivity index (χ2n) is 4.63. The van der Waals surface area contributed by atoms with E-state index in [1.165, 1.54) is 6.42 Å². The zero-order valence-corrected chi connectivity index (χ0v) is 10.9. The molecule has 0 N–H and O–H groups in total. The van der Waals surface area contributed by atoms with Crippen molar-refractivity contribution in [1.29, 1.82) is 0 Å². The number of halogens is 2. The van der Waals surface area contributed by atoms with E-state index in [9.17, 15) is 4.79 Å². The number of carbonyl (C=O) groups is 1. The fourth-order valence-corrected chi connectivity index (χ4v) is 5.38. The molecule has 0 radical (unpaired) electrons. The van der Waals surface area contributed by atoms with Gasteiger partial charge in [0.2, 0.25) is 0 Å². The van der Waals surface area contributed by atoms with Gasteiger partial charge in [0.05, 0.1) is 0 Å². The molecule has 3 heteroatoms. The van der Waals surface area contributed by atoms with E-state index in [4.69, 9.17) is 0 Å². The van der Waals surface area contributed by atoms with Crippen LogP contribution in [0.5, 0.6) is 0 Å². The van der Waals surface area contributed by atoms with E-state index in [1.807, 2.05) is 0 Å². The Morgan fingerprint density at radius 2 is 2.15 bits per heavy atom. The first-order chi connectivity index (χ1) is 6.10. The standard InChI is InChI=1S/C10H14Br2O/c1-9(5-11)7-2-3-10(9,6-12)8(13)4-7/h7H,2-6H2,1H3/t7-,9+,10-/m1/s1. The number of carbonyl (C=O) groups excluding carboxylic acids is 1. The summed E-state index contributed by atoms with van der Waals surface area (Å²) < 4.78 is 0. The van der Waals surface area contributed by atoms with E-state index in [0.717, 1.165) is 23.5 Å². The van der Waals surface area contributed by atoms with Gasteiger partial charge in [-0.2, -0.15) is 0 Å². The SMILES string of the molecule is C[C@]1(CBr)[C@@H]2CC[C@@]1(CBr)C(=O)C2. The van der Waals surface area contributed by atoms with Gasteiger partial charge >= 0.3 is 0 Å². The van der Waals surface area contributed by atoms with E-state index < -0.39 is 0 Å². The van der Waals surface area contributed by atoms with Crippen molar-refractivity contribution in [2.75, 3.05) is 10.7 Å². The Morgan fingerprint density at radius 1 is 1.46 bits per heavy atom. The van der Waals surface area contributed by atoms with E-state index in [2.05, 4.69) is 38.8 Å². The van der Waals surface area contributed by atoms with Crippen molar-refractivity contribution in [2.24, 2.45) is 16.7 Å². The summed E-state index contributed by atoms with van der Waals surface area (Å²) in [7, 11) is 0. The monoisotopic (exact) mass is 308 g/mol. The van der Waals surface area contributed by atoms with Gasteiger partial charge in [-0.3, -0.25) is 4.79 Å². The van der Waals surface area contributed by atoms with Crippen molar-refractivity contribution >= 4 is 37.6 Å². The minimum absolute atomic E-state index is 0.0544. The summed E-state index contributed by atoms with van der Waals surface area (Å²) in [5, 5.41) is 1.80. The van der Waals surface area contributed by atoms with Crippen LogP contribution in [0.4, 0.5) is 0 Å². The number of fused-ring (bicyclic) bond motifs is 2. The summed E-state index contributed by atoms with van der Waals surface area (Å²) in [5.74, 6) is 1.11. The van der Waals surface area contributed by atoms with Crippen LogP contribution in [0.1, 0.15) is 26.2 Å². The second-order valence-corrected chi connectivity index (χ2v) is 5.75. The predicted octanol–water partition coefficient (Wildman–Crippen LogP) is 3.15. The number of Topliss-reactive ketones (excluding diaryl/α,β-unsaturated/α-hetero) is 1. The minimum Gasteiger partial charge on any atom is -0.299 e. The third-order valence-electron chi connectivity index (χ3n) is 4.39. The first-order valence-electron chi connectivity index (χ1n) is 4.76. The second kappa shape index (κ2) is 3.06. The van der Waals surface area contributed by atoms with Gasteiger partial charge in [0.1, 0.15) is 5.78 Å². The normalized spacial score (nSPS) is 48.8. The third kappa shape index (κ3) is 1.01. The molecule has 0 aromatic heterocycles. The molecule has 0 aliphatic heterocycles. The molecule has 74 valence electrons. The van der Waals surface area contributed by atoms with Gasteiger partial charge in [-0.1, -0.05) is 38.8 Å². The lowest BCUT2D eigenvalue weighted by atomic mass is 9.70. The molecule has 3 atom stereocenters. The molecule has 2 aliphatic carbocycles. The fraction of sp³-hybridized carbons (Fsp3) is 0.900. The average Bonchev–Trinajstić information content (AvgIpc) is 2.53. The van der Waals surface area contributed by atoms with Gasteiger partial charge in [0.25, 0.3) is 0 Å². The summed E-state index contributed by atoms with van der Waals surface area (Å²) in [6.07, 6.45) is 3.14. The highest BCUT2D eigenvalue weighted by Crippen LogP contribution is 2.65. The highest BCUT2D eigenvalue weighted by molar-refractivity contribution is 9.09. The van der Waals surface area contributed by atoms with Crippen LogP contribution in [0, 0.1) is 16.7 Å². The van der Waals surface area contributed by atoms with Gasteiger partial charge in [-0.25, -0.2) is 0 Å². The van der Waals surface area contributed by atoms with Crippen LogP contribution >= 0.6 is 31.9 Å². The molecule has 2 bridgehead atoms. The molecule has 0 amide bonds. The number of alkyl halides is 2. The zero-order valence-electron chi connectivity index (χ0n) is 7.78.